The van der Waals surface area contributed by atoms with Crippen LogP contribution >= 0.6 is 0 Å². The van der Waals surface area contributed by atoms with E-state index in [4.69, 9.17) is 9.88 Å². The van der Waals surface area contributed by atoms with Crippen LogP contribution in [0.15, 0.2) is 47.4 Å². The largest absolute Gasteiger partial charge is 0.449 e. The molecule has 2 unspecified atom stereocenters. The maximum absolute atomic E-state index is 13.0. The van der Waals surface area contributed by atoms with Crippen LogP contribution < -0.4 is 10.5 Å². The number of hydrogen-bond acceptors (Lipinski definition) is 5. The van der Waals surface area contributed by atoms with Crippen LogP contribution in [0.4, 0.5) is 4.39 Å². The van der Waals surface area contributed by atoms with Gasteiger partial charge in [0, 0.05) is 0 Å². The fourth-order valence-corrected chi connectivity index (χ4v) is 3.29. The summed E-state index contributed by atoms with van der Waals surface area (Å²) >= 11 is 0. The fourth-order valence-electron chi connectivity index (χ4n) is 2.48. The molecule has 2 rings (SSSR count). The number of carbonyl (C=O) groups excluding carboxylic acids is 2. The lowest BCUT2D eigenvalue weighted by molar-refractivity contribution is -0.129. The number of hydrogen-bond donors (Lipinski definition) is 2. The average molecular weight is 408 g/mol. The predicted octanol–water partition coefficient (Wildman–Crippen LogP) is 2.20. The van der Waals surface area contributed by atoms with E-state index in [1.807, 2.05) is 0 Å². The van der Waals surface area contributed by atoms with Gasteiger partial charge >= 0.3 is 5.97 Å². The number of nitrogens with two attached hydrogens (primary N) is 1. The highest BCUT2D eigenvalue weighted by Crippen LogP contribution is 2.17. The lowest BCUT2D eigenvalue weighted by Crippen LogP contribution is -2.37. The van der Waals surface area contributed by atoms with Crippen molar-refractivity contribution in [3.05, 3.63) is 65.0 Å². The minimum atomic E-state index is -4.00. The normalized spacial score (nSPS) is 13.5. The molecule has 2 aromatic carbocycles. The van der Waals surface area contributed by atoms with E-state index in [9.17, 15) is 22.4 Å². The van der Waals surface area contributed by atoms with Crippen LogP contribution in [0.2, 0.25) is 0 Å². The predicted molar refractivity (Wildman–Crippen MR) is 100 cm³/mol. The van der Waals surface area contributed by atoms with Gasteiger partial charge < -0.3 is 10.1 Å². The van der Waals surface area contributed by atoms with Crippen LogP contribution in [-0.4, -0.2) is 26.4 Å². The molecular weight excluding hydrogens is 387 g/mol. The summed E-state index contributed by atoms with van der Waals surface area (Å²) in [5.41, 5.74) is 1.03. The number of carbonyl (C=O) groups is 2. The zero-order valence-corrected chi connectivity index (χ0v) is 16.4. The van der Waals surface area contributed by atoms with E-state index in [-0.39, 0.29) is 16.3 Å². The molecule has 150 valence electrons. The highest BCUT2D eigenvalue weighted by atomic mass is 32.2. The minimum absolute atomic E-state index is 0.0409. The summed E-state index contributed by atoms with van der Waals surface area (Å²) in [6, 6.07) is 9.14. The van der Waals surface area contributed by atoms with Crippen molar-refractivity contribution in [3.63, 3.8) is 0 Å². The molecular formula is C19H21FN2O5S. The van der Waals surface area contributed by atoms with Crippen molar-refractivity contribution in [3.8, 4) is 0 Å². The second-order valence-corrected chi connectivity index (χ2v) is 7.88. The second-order valence-electron chi connectivity index (χ2n) is 6.35. The van der Waals surface area contributed by atoms with Crippen molar-refractivity contribution < 1.29 is 27.1 Å². The first-order chi connectivity index (χ1) is 13.0. The van der Waals surface area contributed by atoms with E-state index in [1.165, 1.54) is 43.3 Å². The van der Waals surface area contributed by atoms with Gasteiger partial charge in [0.2, 0.25) is 10.0 Å². The molecule has 0 aliphatic rings. The van der Waals surface area contributed by atoms with Gasteiger partial charge in [-0.25, -0.2) is 22.7 Å². The summed E-state index contributed by atoms with van der Waals surface area (Å²) in [7, 11) is -4.00. The van der Waals surface area contributed by atoms with E-state index in [1.54, 1.807) is 13.8 Å². The Morgan fingerprint density at radius 1 is 1.11 bits per heavy atom. The van der Waals surface area contributed by atoms with Crippen molar-refractivity contribution in [1.29, 1.82) is 0 Å². The maximum Gasteiger partial charge on any atom is 0.338 e. The quantitative estimate of drug-likeness (QED) is 0.711. The molecule has 0 aromatic heterocycles. The second kappa shape index (κ2) is 8.49. The van der Waals surface area contributed by atoms with E-state index in [0.717, 1.165) is 6.07 Å². The molecule has 0 saturated heterocycles. The van der Waals surface area contributed by atoms with Gasteiger partial charge in [-0.2, -0.15) is 0 Å². The average Bonchev–Trinajstić information content (AvgIpc) is 2.61. The lowest BCUT2D eigenvalue weighted by atomic mass is 10.1. The highest BCUT2D eigenvalue weighted by molar-refractivity contribution is 7.89. The van der Waals surface area contributed by atoms with Gasteiger partial charge in [-0.3, -0.25) is 4.79 Å². The number of benzene rings is 2. The summed E-state index contributed by atoms with van der Waals surface area (Å²) in [5, 5.41) is 7.79. The van der Waals surface area contributed by atoms with Gasteiger partial charge in [0.25, 0.3) is 5.91 Å². The Bertz CT molecular complexity index is 990. The van der Waals surface area contributed by atoms with Gasteiger partial charge in [-0.05, 0) is 56.2 Å². The summed E-state index contributed by atoms with van der Waals surface area (Å²) in [6.07, 6.45) is -1.13. The summed E-state index contributed by atoms with van der Waals surface area (Å²) in [4.78, 5) is 24.3. The molecule has 9 heteroatoms. The molecule has 0 radical (unpaired) electrons. The first kappa shape index (κ1) is 21.5. The number of ether oxygens (including phenoxy) is 1. The Labute approximate surface area is 162 Å². The van der Waals surface area contributed by atoms with Gasteiger partial charge in [0.15, 0.2) is 6.10 Å². The first-order valence-corrected chi connectivity index (χ1v) is 9.94. The van der Waals surface area contributed by atoms with Crippen LogP contribution in [-0.2, 0) is 19.6 Å². The van der Waals surface area contributed by atoms with E-state index in [0.29, 0.717) is 11.1 Å². The van der Waals surface area contributed by atoms with Gasteiger partial charge in [0.1, 0.15) is 5.82 Å². The standard InChI is InChI=1S/C19H21FN2O5S/c1-11-4-5-15(10-17(11)28(21,25)26)19(24)27-13(3)18(23)22-12(2)14-6-8-16(20)9-7-14/h4-10,12-13H,1-3H3,(H,22,23)(H2,21,25,26). The molecule has 7 nitrogen and oxygen atoms in total. The lowest BCUT2D eigenvalue weighted by Gasteiger charge is -2.18. The van der Waals surface area contributed by atoms with E-state index >= 15 is 0 Å². The summed E-state index contributed by atoms with van der Waals surface area (Å²) in [5.74, 6) is -1.80. The Morgan fingerprint density at radius 2 is 1.71 bits per heavy atom. The third-order valence-corrected chi connectivity index (χ3v) is 5.17. The minimum Gasteiger partial charge on any atom is -0.449 e. The molecule has 0 aliphatic carbocycles. The summed E-state index contributed by atoms with van der Waals surface area (Å²) < 4.78 is 41.2. The van der Waals surface area contributed by atoms with Crippen LogP contribution in [0.5, 0.6) is 0 Å². The zero-order valence-electron chi connectivity index (χ0n) is 15.6. The number of esters is 1. The van der Waals surface area contributed by atoms with Gasteiger partial charge in [0.05, 0.1) is 16.5 Å². The molecule has 1 amide bonds. The number of sulfonamides is 1. The summed E-state index contributed by atoms with van der Waals surface area (Å²) in [6.45, 7) is 4.64. The fraction of sp³-hybridized carbons (Fsp3) is 0.263. The van der Waals surface area contributed by atoms with Crippen molar-refractivity contribution in [2.24, 2.45) is 5.14 Å². The molecule has 0 bridgehead atoms. The highest BCUT2D eigenvalue weighted by Gasteiger charge is 2.22. The van der Waals surface area contributed by atoms with E-state index in [2.05, 4.69) is 5.32 Å². The number of aryl methyl sites for hydroxylation is 1. The molecule has 3 N–H and O–H groups in total. The van der Waals surface area contributed by atoms with Crippen LogP contribution in [0.3, 0.4) is 0 Å². The zero-order chi connectivity index (χ0) is 21.1. The third-order valence-electron chi connectivity index (χ3n) is 4.11. The number of nitrogens with one attached hydrogen (secondary N) is 1. The third kappa shape index (κ3) is 5.37. The Hall–Kier alpha value is -2.78. The van der Waals surface area contributed by atoms with Crippen LogP contribution in [0.1, 0.15) is 41.4 Å². The SMILES string of the molecule is Cc1ccc(C(=O)OC(C)C(=O)NC(C)c2ccc(F)cc2)cc1S(N)(=O)=O. The van der Waals surface area contributed by atoms with Crippen LogP contribution in [0, 0.1) is 12.7 Å². The van der Waals surface area contributed by atoms with Crippen molar-refractivity contribution in [1.82, 2.24) is 5.32 Å². The maximum atomic E-state index is 13.0. The first-order valence-electron chi connectivity index (χ1n) is 8.39. The van der Waals surface area contributed by atoms with Crippen LogP contribution in [0.25, 0.3) is 0 Å². The van der Waals surface area contributed by atoms with Crippen molar-refractivity contribution in [2.75, 3.05) is 0 Å². The Morgan fingerprint density at radius 3 is 2.29 bits per heavy atom. The monoisotopic (exact) mass is 408 g/mol. The Balaban J connectivity index is 2.05. The smallest absolute Gasteiger partial charge is 0.338 e. The molecule has 0 aliphatic heterocycles. The number of amides is 1. The van der Waals surface area contributed by atoms with Crippen molar-refractivity contribution in [2.45, 2.75) is 37.8 Å². The molecule has 2 atom stereocenters. The Kier molecular flexibility index (Phi) is 6.52. The molecule has 0 fully saturated rings. The van der Waals surface area contributed by atoms with Gasteiger partial charge in [-0.15, -0.1) is 0 Å². The molecule has 0 spiro atoms. The van der Waals surface area contributed by atoms with E-state index < -0.39 is 34.0 Å². The van der Waals surface area contributed by atoms with Gasteiger partial charge in [-0.1, -0.05) is 18.2 Å². The topological polar surface area (TPSA) is 116 Å². The number of halogens is 1. The number of primary sulfonamides is 1. The molecule has 0 saturated carbocycles. The molecule has 0 heterocycles. The number of rotatable bonds is 6. The molecule has 2 aromatic rings. The molecule has 28 heavy (non-hydrogen) atoms. The van der Waals surface area contributed by atoms with Crippen molar-refractivity contribution >= 4 is 21.9 Å².